The number of nitrogens with one attached hydrogen (secondary N) is 1. The minimum Gasteiger partial charge on any atom is -0.490 e. The summed E-state index contributed by atoms with van der Waals surface area (Å²) in [5.41, 5.74) is -1.42. The van der Waals surface area contributed by atoms with Gasteiger partial charge in [-0.15, -0.1) is 0 Å². The average molecular weight is 534 g/mol. The second kappa shape index (κ2) is 10.8. The largest absolute Gasteiger partial charge is 0.490 e. The Hall–Kier alpha value is -4.18. The summed E-state index contributed by atoms with van der Waals surface area (Å²) in [6.07, 6.45) is -3.44. The first-order valence-electron chi connectivity index (χ1n) is 10.9. The summed E-state index contributed by atoms with van der Waals surface area (Å²) in [4.78, 5) is 25.1. The van der Waals surface area contributed by atoms with E-state index >= 15 is 0 Å². The SMILES string of the molecule is CCOc1ccccc1Oc1coc2cc(OCC(=O)Nc3cc(C(F)(F)F)ccc3Cl)ccc2c1=O. The van der Waals surface area contributed by atoms with Crippen LogP contribution in [0, 0.1) is 0 Å². The molecule has 0 aliphatic heterocycles. The summed E-state index contributed by atoms with van der Waals surface area (Å²) in [5, 5.41) is 2.44. The molecule has 0 fully saturated rings. The van der Waals surface area contributed by atoms with Gasteiger partial charge >= 0.3 is 6.18 Å². The van der Waals surface area contributed by atoms with Crippen molar-refractivity contribution >= 4 is 34.2 Å². The summed E-state index contributed by atoms with van der Waals surface area (Å²) < 4.78 is 60.9. The third-order valence-electron chi connectivity index (χ3n) is 5.02. The molecule has 0 spiro atoms. The number of carbonyl (C=O) groups is 1. The van der Waals surface area contributed by atoms with Crippen LogP contribution in [0.15, 0.2) is 76.1 Å². The number of amides is 1. The highest BCUT2D eigenvalue weighted by Crippen LogP contribution is 2.34. The Balaban J connectivity index is 1.45. The van der Waals surface area contributed by atoms with Crippen molar-refractivity contribution in [3.8, 4) is 23.0 Å². The molecule has 4 aromatic rings. The van der Waals surface area contributed by atoms with E-state index in [1.165, 1.54) is 18.2 Å². The zero-order chi connectivity index (χ0) is 26.6. The molecule has 1 N–H and O–H groups in total. The Bertz CT molecular complexity index is 1500. The van der Waals surface area contributed by atoms with Gasteiger partial charge in [0.25, 0.3) is 5.91 Å². The lowest BCUT2D eigenvalue weighted by atomic mass is 10.2. The Morgan fingerprint density at radius 2 is 1.76 bits per heavy atom. The van der Waals surface area contributed by atoms with Gasteiger partial charge in [-0.2, -0.15) is 13.2 Å². The molecule has 192 valence electrons. The van der Waals surface area contributed by atoms with Crippen LogP contribution in [0.25, 0.3) is 11.0 Å². The molecule has 0 radical (unpaired) electrons. The molecule has 0 unspecified atom stereocenters. The zero-order valence-corrected chi connectivity index (χ0v) is 20.0. The topological polar surface area (TPSA) is 87.0 Å². The monoisotopic (exact) mass is 533 g/mol. The number of hydrogen-bond donors (Lipinski definition) is 1. The number of carbonyl (C=O) groups excluding carboxylic acids is 1. The minimum absolute atomic E-state index is 0.0503. The molecule has 0 aliphatic carbocycles. The van der Waals surface area contributed by atoms with Crippen molar-refractivity contribution in [1.29, 1.82) is 0 Å². The highest BCUT2D eigenvalue weighted by atomic mass is 35.5. The van der Waals surface area contributed by atoms with Gasteiger partial charge in [-0.3, -0.25) is 9.59 Å². The number of fused-ring (bicyclic) bond motifs is 1. The van der Waals surface area contributed by atoms with Crippen molar-refractivity contribution in [2.75, 3.05) is 18.5 Å². The van der Waals surface area contributed by atoms with E-state index in [-0.39, 0.29) is 33.2 Å². The molecule has 7 nitrogen and oxygen atoms in total. The lowest BCUT2D eigenvalue weighted by molar-refractivity contribution is -0.137. The van der Waals surface area contributed by atoms with Crippen molar-refractivity contribution in [1.82, 2.24) is 0 Å². The molecule has 4 rings (SSSR count). The van der Waals surface area contributed by atoms with Gasteiger partial charge in [0, 0.05) is 6.07 Å². The van der Waals surface area contributed by atoms with Gasteiger partial charge in [0.05, 0.1) is 28.3 Å². The second-order valence-corrected chi connectivity index (χ2v) is 8.01. The fraction of sp³-hybridized carbons (Fsp3) is 0.154. The molecular formula is C26H19ClF3NO6. The van der Waals surface area contributed by atoms with Gasteiger partial charge < -0.3 is 23.9 Å². The lowest BCUT2D eigenvalue weighted by Gasteiger charge is -2.12. The highest BCUT2D eigenvalue weighted by Gasteiger charge is 2.31. The first kappa shape index (κ1) is 25.9. The molecule has 1 aromatic heterocycles. The second-order valence-electron chi connectivity index (χ2n) is 7.60. The average Bonchev–Trinajstić information content (AvgIpc) is 2.86. The van der Waals surface area contributed by atoms with Crippen LogP contribution in [0.1, 0.15) is 12.5 Å². The van der Waals surface area contributed by atoms with Gasteiger partial charge in [-0.1, -0.05) is 23.7 Å². The van der Waals surface area contributed by atoms with Crippen LogP contribution in [-0.2, 0) is 11.0 Å². The number of anilines is 1. The third-order valence-corrected chi connectivity index (χ3v) is 5.35. The fourth-order valence-electron chi connectivity index (χ4n) is 3.31. The van der Waals surface area contributed by atoms with Crippen LogP contribution in [-0.4, -0.2) is 19.1 Å². The lowest BCUT2D eigenvalue weighted by Crippen LogP contribution is -2.20. The van der Waals surface area contributed by atoms with Crippen LogP contribution >= 0.6 is 11.6 Å². The zero-order valence-electron chi connectivity index (χ0n) is 19.2. The molecule has 37 heavy (non-hydrogen) atoms. The molecule has 11 heteroatoms. The van der Waals surface area contributed by atoms with E-state index in [0.717, 1.165) is 24.5 Å². The maximum atomic E-state index is 12.9. The number of halogens is 4. The Kier molecular flexibility index (Phi) is 7.58. The molecule has 0 bridgehead atoms. The van der Waals surface area contributed by atoms with E-state index < -0.39 is 29.7 Å². The molecular weight excluding hydrogens is 515 g/mol. The molecule has 1 amide bonds. The van der Waals surface area contributed by atoms with E-state index in [1.807, 2.05) is 6.92 Å². The number of ether oxygens (including phenoxy) is 3. The summed E-state index contributed by atoms with van der Waals surface area (Å²) in [7, 11) is 0. The molecule has 0 aliphatic rings. The first-order valence-corrected chi connectivity index (χ1v) is 11.3. The van der Waals surface area contributed by atoms with E-state index in [9.17, 15) is 22.8 Å². The van der Waals surface area contributed by atoms with Crippen molar-refractivity contribution in [3.63, 3.8) is 0 Å². The quantitative estimate of drug-likeness (QED) is 0.272. The van der Waals surface area contributed by atoms with Gasteiger partial charge in [0.15, 0.2) is 18.1 Å². The van der Waals surface area contributed by atoms with Crippen molar-refractivity contribution < 1.29 is 36.6 Å². The van der Waals surface area contributed by atoms with E-state index in [0.29, 0.717) is 18.1 Å². The predicted molar refractivity (Wildman–Crippen MR) is 131 cm³/mol. The first-order chi connectivity index (χ1) is 17.7. The van der Waals surface area contributed by atoms with Gasteiger partial charge in [0.1, 0.15) is 17.6 Å². The molecule has 0 atom stereocenters. The number of alkyl halides is 3. The summed E-state index contributed by atoms with van der Waals surface area (Å²) in [5.74, 6) is 0.224. The van der Waals surface area contributed by atoms with Crippen LogP contribution in [0.2, 0.25) is 5.02 Å². The fourth-order valence-corrected chi connectivity index (χ4v) is 3.48. The Morgan fingerprint density at radius 3 is 2.49 bits per heavy atom. The van der Waals surface area contributed by atoms with Crippen LogP contribution < -0.4 is 25.0 Å². The van der Waals surface area contributed by atoms with Gasteiger partial charge in [0.2, 0.25) is 11.2 Å². The van der Waals surface area contributed by atoms with E-state index in [2.05, 4.69) is 5.32 Å². The highest BCUT2D eigenvalue weighted by molar-refractivity contribution is 6.33. The van der Waals surface area contributed by atoms with Gasteiger partial charge in [-0.25, -0.2) is 0 Å². The molecule has 3 aromatic carbocycles. The Labute approximate surface area is 213 Å². The maximum absolute atomic E-state index is 12.9. The van der Waals surface area contributed by atoms with Crippen LogP contribution in [0.4, 0.5) is 18.9 Å². The maximum Gasteiger partial charge on any atom is 0.416 e. The summed E-state index contributed by atoms with van der Waals surface area (Å²) in [6.45, 7) is 1.71. The molecule has 1 heterocycles. The van der Waals surface area contributed by atoms with Crippen LogP contribution in [0.5, 0.6) is 23.0 Å². The number of benzene rings is 3. The van der Waals surface area contributed by atoms with E-state index in [4.69, 9.17) is 30.2 Å². The molecule has 0 saturated carbocycles. The normalized spacial score (nSPS) is 11.3. The predicted octanol–water partition coefficient (Wildman–Crippen LogP) is 6.67. The number of para-hydroxylation sites is 2. The van der Waals surface area contributed by atoms with Crippen molar-refractivity contribution in [2.24, 2.45) is 0 Å². The van der Waals surface area contributed by atoms with Gasteiger partial charge in [-0.05, 0) is 49.4 Å². The molecule has 0 saturated heterocycles. The minimum atomic E-state index is -4.59. The van der Waals surface area contributed by atoms with Crippen molar-refractivity contribution in [2.45, 2.75) is 13.1 Å². The Morgan fingerprint density at radius 1 is 1.00 bits per heavy atom. The van der Waals surface area contributed by atoms with Crippen LogP contribution in [0.3, 0.4) is 0 Å². The summed E-state index contributed by atoms with van der Waals surface area (Å²) >= 11 is 5.89. The third kappa shape index (κ3) is 6.15. The standard InChI is InChI=1S/C26H19ClF3NO6/c1-2-34-20-5-3-4-6-21(20)37-23-13-36-22-12-16(8-9-17(22)25(23)33)35-14-24(32)31-19-11-15(26(28,29)30)7-10-18(19)27/h3-13H,2,14H2,1H3,(H,31,32). The summed E-state index contributed by atoms with van der Waals surface area (Å²) in [6, 6.07) is 13.8. The number of hydrogen-bond acceptors (Lipinski definition) is 6. The van der Waals surface area contributed by atoms with E-state index in [1.54, 1.807) is 24.3 Å². The number of rotatable bonds is 8. The smallest absolute Gasteiger partial charge is 0.416 e. The van der Waals surface area contributed by atoms with Crippen molar-refractivity contribution in [3.05, 3.63) is 87.7 Å².